The minimum atomic E-state index is 0.0479. The van der Waals surface area contributed by atoms with Crippen LogP contribution >= 0.6 is 0 Å². The van der Waals surface area contributed by atoms with E-state index in [-0.39, 0.29) is 5.60 Å². The molecule has 1 atom stereocenters. The van der Waals surface area contributed by atoms with Crippen LogP contribution in [0.5, 0.6) is 5.75 Å². The number of nitrogens with zero attached hydrogens (tertiary/aromatic N) is 3. The molecule has 0 radical (unpaired) electrons. The zero-order valence-electron chi connectivity index (χ0n) is 14.6. The van der Waals surface area contributed by atoms with Crippen molar-refractivity contribution in [3.05, 3.63) is 72.4 Å². The Morgan fingerprint density at radius 1 is 1.19 bits per heavy atom. The van der Waals surface area contributed by atoms with E-state index in [4.69, 9.17) is 4.74 Å². The highest BCUT2D eigenvalue weighted by Crippen LogP contribution is 2.48. The molecule has 1 fully saturated rings. The molecule has 5 rings (SSSR count). The summed E-state index contributed by atoms with van der Waals surface area (Å²) in [6.45, 7) is 0.805. The van der Waals surface area contributed by atoms with E-state index in [1.807, 2.05) is 17.0 Å². The first-order chi connectivity index (χ1) is 12.8. The molecule has 1 spiro atoms. The van der Waals surface area contributed by atoms with Gasteiger partial charge in [-0.2, -0.15) is 0 Å². The Balaban J connectivity index is 1.36. The van der Waals surface area contributed by atoms with E-state index in [1.165, 1.54) is 30.4 Å². The van der Waals surface area contributed by atoms with Gasteiger partial charge in [-0.25, -0.2) is 9.97 Å². The van der Waals surface area contributed by atoms with Crippen LogP contribution in [0.15, 0.2) is 61.3 Å². The molecule has 1 saturated carbocycles. The second-order valence-electron chi connectivity index (χ2n) is 7.31. The summed E-state index contributed by atoms with van der Waals surface area (Å²) < 4.78 is 8.27. The first-order valence-corrected chi connectivity index (χ1v) is 9.26. The summed E-state index contributed by atoms with van der Waals surface area (Å²) in [6.07, 6.45) is 12.0. The third-order valence-corrected chi connectivity index (χ3v) is 5.59. The molecule has 1 aliphatic carbocycles. The first-order valence-electron chi connectivity index (χ1n) is 9.26. The summed E-state index contributed by atoms with van der Waals surface area (Å²) in [5, 5.41) is 3.76. The number of ether oxygens (including phenoxy) is 1. The molecule has 0 unspecified atom stereocenters. The number of para-hydroxylation sites is 1. The molecule has 1 aliphatic heterocycles. The van der Waals surface area contributed by atoms with Crippen molar-refractivity contribution in [3.8, 4) is 11.6 Å². The van der Waals surface area contributed by atoms with Crippen LogP contribution in [0.4, 0.5) is 0 Å². The molecule has 2 aliphatic rings. The SMILES string of the molecule is c1ccc2c(c1)OC1(CCC1)C[C@H]2NCc1ccnc(-n2ccnc2)c1. The van der Waals surface area contributed by atoms with Crippen LogP contribution in [-0.4, -0.2) is 20.1 Å². The fourth-order valence-corrected chi connectivity index (χ4v) is 4.03. The zero-order chi connectivity index (χ0) is 17.4. The maximum Gasteiger partial charge on any atom is 0.138 e. The largest absolute Gasteiger partial charge is 0.487 e. The number of rotatable bonds is 4. The van der Waals surface area contributed by atoms with Gasteiger partial charge in [0, 0.05) is 43.2 Å². The van der Waals surface area contributed by atoms with Crippen molar-refractivity contribution >= 4 is 0 Å². The fraction of sp³-hybridized carbons (Fsp3) is 0.333. The fourth-order valence-electron chi connectivity index (χ4n) is 4.03. The number of hydrogen-bond acceptors (Lipinski definition) is 4. The van der Waals surface area contributed by atoms with E-state index in [2.05, 4.69) is 51.7 Å². The van der Waals surface area contributed by atoms with Gasteiger partial charge in [0.15, 0.2) is 0 Å². The van der Waals surface area contributed by atoms with Gasteiger partial charge in [0.05, 0.1) is 0 Å². The normalized spacial score (nSPS) is 20.2. The lowest BCUT2D eigenvalue weighted by molar-refractivity contribution is -0.0371. The van der Waals surface area contributed by atoms with E-state index >= 15 is 0 Å². The Morgan fingerprint density at radius 3 is 2.92 bits per heavy atom. The number of aromatic nitrogens is 3. The number of fused-ring (bicyclic) bond motifs is 1. The minimum Gasteiger partial charge on any atom is -0.487 e. The van der Waals surface area contributed by atoms with Crippen LogP contribution in [0.3, 0.4) is 0 Å². The Kier molecular flexibility index (Phi) is 3.75. The van der Waals surface area contributed by atoms with Gasteiger partial charge in [-0.1, -0.05) is 18.2 Å². The maximum absolute atomic E-state index is 6.35. The van der Waals surface area contributed by atoms with Gasteiger partial charge in [-0.15, -0.1) is 0 Å². The van der Waals surface area contributed by atoms with Gasteiger partial charge in [0.2, 0.25) is 0 Å². The molecule has 26 heavy (non-hydrogen) atoms. The second kappa shape index (κ2) is 6.25. The maximum atomic E-state index is 6.35. The van der Waals surface area contributed by atoms with Crippen LogP contribution in [0, 0.1) is 0 Å². The topological polar surface area (TPSA) is 52.0 Å². The predicted molar refractivity (Wildman–Crippen MR) is 99.2 cm³/mol. The average Bonchev–Trinajstić information content (AvgIpc) is 3.20. The Hall–Kier alpha value is -2.66. The molecule has 3 heterocycles. The molecule has 5 heteroatoms. The van der Waals surface area contributed by atoms with Crippen molar-refractivity contribution in [3.63, 3.8) is 0 Å². The summed E-state index contributed by atoms with van der Waals surface area (Å²) in [5.74, 6) is 1.94. The molecule has 0 amide bonds. The van der Waals surface area contributed by atoms with E-state index in [1.54, 1.807) is 12.5 Å². The van der Waals surface area contributed by atoms with Crippen LogP contribution in [0.25, 0.3) is 5.82 Å². The van der Waals surface area contributed by atoms with Crippen molar-refractivity contribution in [2.45, 2.75) is 43.9 Å². The lowest BCUT2D eigenvalue weighted by Gasteiger charge is -2.48. The van der Waals surface area contributed by atoms with Crippen molar-refractivity contribution in [2.75, 3.05) is 0 Å². The summed E-state index contributed by atoms with van der Waals surface area (Å²) in [5.41, 5.74) is 2.54. The number of hydrogen-bond donors (Lipinski definition) is 1. The molecular formula is C21H22N4O. The third kappa shape index (κ3) is 2.78. The summed E-state index contributed by atoms with van der Waals surface area (Å²) in [7, 11) is 0. The molecule has 1 N–H and O–H groups in total. The molecule has 1 aromatic carbocycles. The summed E-state index contributed by atoms with van der Waals surface area (Å²) in [4.78, 5) is 8.53. The van der Waals surface area contributed by atoms with Gasteiger partial charge in [0.25, 0.3) is 0 Å². The van der Waals surface area contributed by atoms with Gasteiger partial charge in [0.1, 0.15) is 23.5 Å². The van der Waals surface area contributed by atoms with Crippen LogP contribution < -0.4 is 10.1 Å². The van der Waals surface area contributed by atoms with E-state index < -0.39 is 0 Å². The average molecular weight is 346 g/mol. The van der Waals surface area contributed by atoms with Crippen molar-refractivity contribution in [2.24, 2.45) is 0 Å². The highest BCUT2D eigenvalue weighted by Gasteiger charge is 2.45. The Bertz CT molecular complexity index is 902. The molecule has 0 bridgehead atoms. The lowest BCUT2D eigenvalue weighted by Crippen LogP contribution is -2.49. The minimum absolute atomic E-state index is 0.0479. The van der Waals surface area contributed by atoms with Crippen molar-refractivity contribution in [1.82, 2.24) is 19.9 Å². The molecule has 2 aromatic heterocycles. The van der Waals surface area contributed by atoms with E-state index in [0.717, 1.165) is 24.5 Å². The van der Waals surface area contributed by atoms with E-state index in [9.17, 15) is 0 Å². The highest BCUT2D eigenvalue weighted by molar-refractivity contribution is 5.39. The molecule has 5 nitrogen and oxygen atoms in total. The molecule has 3 aromatic rings. The van der Waals surface area contributed by atoms with Gasteiger partial charge in [-0.3, -0.25) is 4.57 Å². The summed E-state index contributed by atoms with van der Waals surface area (Å²) >= 11 is 0. The van der Waals surface area contributed by atoms with Crippen molar-refractivity contribution < 1.29 is 4.74 Å². The predicted octanol–water partition coefficient (Wildman–Crippen LogP) is 3.80. The molecular weight excluding hydrogens is 324 g/mol. The molecule has 0 saturated heterocycles. The third-order valence-electron chi connectivity index (χ3n) is 5.59. The van der Waals surface area contributed by atoms with E-state index in [0.29, 0.717) is 6.04 Å². The summed E-state index contributed by atoms with van der Waals surface area (Å²) in [6, 6.07) is 12.9. The second-order valence-corrected chi connectivity index (χ2v) is 7.31. The number of imidazole rings is 1. The lowest BCUT2D eigenvalue weighted by atomic mass is 9.73. The quantitative estimate of drug-likeness (QED) is 0.781. The standard InChI is InChI=1S/C21H22N4O/c1-2-5-19-17(4-1)18(13-21(26-19)7-3-8-21)24-14-16-6-9-23-20(12-16)25-11-10-22-15-25/h1-2,4-6,9-12,15,18,24H,3,7-8,13-14H2/t18-/m1/s1. The van der Waals surface area contributed by atoms with Crippen molar-refractivity contribution in [1.29, 1.82) is 0 Å². The highest BCUT2D eigenvalue weighted by atomic mass is 16.5. The number of nitrogens with one attached hydrogen (secondary N) is 1. The Labute approximate surface area is 153 Å². The van der Waals surface area contributed by atoms with Gasteiger partial charge in [-0.05, 0) is 43.0 Å². The zero-order valence-corrected chi connectivity index (χ0v) is 14.6. The first kappa shape index (κ1) is 15.6. The molecule has 132 valence electrons. The van der Waals surface area contributed by atoms with Gasteiger partial charge < -0.3 is 10.1 Å². The van der Waals surface area contributed by atoms with Gasteiger partial charge >= 0.3 is 0 Å². The van der Waals surface area contributed by atoms with Crippen LogP contribution in [0.1, 0.15) is 42.9 Å². The Morgan fingerprint density at radius 2 is 2.12 bits per heavy atom. The monoisotopic (exact) mass is 346 g/mol. The smallest absolute Gasteiger partial charge is 0.138 e. The number of pyridine rings is 1. The number of benzene rings is 1. The van der Waals surface area contributed by atoms with Crippen LogP contribution in [-0.2, 0) is 6.54 Å². The van der Waals surface area contributed by atoms with Crippen LogP contribution in [0.2, 0.25) is 0 Å².